The summed E-state index contributed by atoms with van der Waals surface area (Å²) >= 11 is 0. The van der Waals surface area contributed by atoms with E-state index in [1.54, 1.807) is 0 Å². The predicted molar refractivity (Wildman–Crippen MR) is 173 cm³/mol. The third-order valence-electron chi connectivity index (χ3n) is 9.95. The second-order valence-corrected chi connectivity index (χ2v) is 13.1. The van der Waals surface area contributed by atoms with Crippen molar-refractivity contribution in [2.45, 2.75) is 78.7 Å². The number of pyridine rings is 1. The van der Waals surface area contributed by atoms with E-state index >= 15 is 0 Å². The van der Waals surface area contributed by atoms with Gasteiger partial charge in [0.25, 0.3) is 0 Å². The van der Waals surface area contributed by atoms with Crippen LogP contribution in [0, 0.1) is 33.6 Å². The number of carbonyl (C=O) groups excluding carboxylic acids is 1. The number of carbonyl (C=O) groups is 1. The second kappa shape index (κ2) is 11.3. The molecule has 4 aromatic rings. The highest BCUT2D eigenvalue weighted by atomic mass is 16.2. The largest absolute Gasteiger partial charge is 0.366 e. The molecule has 7 rings (SSSR count). The summed E-state index contributed by atoms with van der Waals surface area (Å²) in [4.78, 5) is 22.4. The molecular weight excluding hydrogens is 530 g/mol. The monoisotopic (exact) mass is 573 g/mol. The number of aromatic nitrogens is 3. The van der Waals surface area contributed by atoms with E-state index in [0.29, 0.717) is 17.7 Å². The number of nitrogens with zero attached hydrogens (tertiary/aromatic N) is 5. The van der Waals surface area contributed by atoms with Gasteiger partial charge in [-0.3, -0.25) is 4.79 Å². The normalized spacial score (nSPS) is 17.3. The van der Waals surface area contributed by atoms with Gasteiger partial charge in [0.05, 0.1) is 11.9 Å². The van der Waals surface area contributed by atoms with Gasteiger partial charge in [0.15, 0.2) is 5.82 Å². The lowest BCUT2D eigenvalue weighted by Crippen LogP contribution is -2.38. The molecule has 1 amide bonds. The van der Waals surface area contributed by atoms with Crippen molar-refractivity contribution < 1.29 is 4.79 Å². The zero-order valence-corrected chi connectivity index (χ0v) is 26.1. The number of piperidine rings is 1. The molecule has 0 radical (unpaired) electrons. The van der Waals surface area contributed by atoms with E-state index < -0.39 is 0 Å². The quantitative estimate of drug-likeness (QED) is 0.244. The Morgan fingerprint density at radius 3 is 2.44 bits per heavy atom. The average molecular weight is 574 g/mol. The van der Waals surface area contributed by atoms with E-state index in [1.165, 1.54) is 44.6 Å². The van der Waals surface area contributed by atoms with Gasteiger partial charge in [0, 0.05) is 49.0 Å². The molecule has 0 bridgehead atoms. The number of rotatable bonds is 6. The SMILES string of the molecule is Cc1cc(-c2cccc3c2N(Cc2ccc(C4CCN(C(=O)C5CC5)CC4)cc2C)CCC3)nc(-n2ncc(C)c2C)c1. The Morgan fingerprint density at radius 2 is 1.72 bits per heavy atom. The van der Waals surface area contributed by atoms with Gasteiger partial charge in [0.2, 0.25) is 5.91 Å². The fourth-order valence-electron chi connectivity index (χ4n) is 7.10. The number of fused-ring (bicyclic) bond motifs is 1. The minimum absolute atomic E-state index is 0.326. The van der Waals surface area contributed by atoms with Gasteiger partial charge in [-0.1, -0.05) is 36.4 Å². The van der Waals surface area contributed by atoms with E-state index in [9.17, 15) is 4.79 Å². The Morgan fingerprint density at radius 1 is 0.907 bits per heavy atom. The molecule has 0 unspecified atom stereocenters. The number of para-hydroxylation sites is 1. The van der Waals surface area contributed by atoms with Gasteiger partial charge in [-0.25, -0.2) is 9.67 Å². The maximum atomic E-state index is 12.5. The van der Waals surface area contributed by atoms with Crippen molar-refractivity contribution in [2.24, 2.45) is 5.92 Å². The van der Waals surface area contributed by atoms with E-state index in [4.69, 9.17) is 4.98 Å². The average Bonchev–Trinajstić information content (AvgIpc) is 3.82. The molecule has 6 nitrogen and oxygen atoms in total. The van der Waals surface area contributed by atoms with Crippen LogP contribution in [0.15, 0.2) is 54.7 Å². The van der Waals surface area contributed by atoms with E-state index in [-0.39, 0.29) is 0 Å². The van der Waals surface area contributed by atoms with E-state index in [0.717, 1.165) is 81.9 Å². The fourth-order valence-corrected chi connectivity index (χ4v) is 7.10. The fraction of sp³-hybridized carbons (Fsp3) is 0.432. The zero-order chi connectivity index (χ0) is 29.7. The molecule has 2 fully saturated rings. The first-order valence-electron chi connectivity index (χ1n) is 16.1. The summed E-state index contributed by atoms with van der Waals surface area (Å²) in [5, 5.41) is 4.62. The topological polar surface area (TPSA) is 54.3 Å². The molecule has 1 saturated heterocycles. The molecule has 4 heterocycles. The van der Waals surface area contributed by atoms with E-state index in [1.807, 2.05) is 10.9 Å². The summed E-state index contributed by atoms with van der Waals surface area (Å²) in [6.07, 6.45) is 8.50. The number of likely N-dealkylation sites (tertiary alicyclic amines) is 1. The summed E-state index contributed by atoms with van der Waals surface area (Å²) in [6, 6.07) is 18.2. The van der Waals surface area contributed by atoms with Crippen molar-refractivity contribution in [3.63, 3.8) is 0 Å². The first kappa shape index (κ1) is 27.9. The van der Waals surface area contributed by atoms with Crippen LogP contribution in [0.25, 0.3) is 17.1 Å². The highest BCUT2D eigenvalue weighted by molar-refractivity contribution is 5.81. The molecular formula is C37H43N5O. The number of aryl methyl sites for hydroxylation is 4. The van der Waals surface area contributed by atoms with Crippen LogP contribution in [0.2, 0.25) is 0 Å². The van der Waals surface area contributed by atoms with Crippen molar-refractivity contribution in [1.29, 1.82) is 0 Å². The zero-order valence-electron chi connectivity index (χ0n) is 26.1. The lowest BCUT2D eigenvalue weighted by atomic mass is 9.87. The summed E-state index contributed by atoms with van der Waals surface area (Å²) in [5.74, 6) is 2.14. The Balaban J connectivity index is 1.14. The molecule has 1 saturated carbocycles. The summed E-state index contributed by atoms with van der Waals surface area (Å²) in [6.45, 7) is 12.3. The summed E-state index contributed by atoms with van der Waals surface area (Å²) in [5.41, 5.74) is 12.6. The maximum absolute atomic E-state index is 12.5. The number of amides is 1. The number of hydrogen-bond donors (Lipinski definition) is 0. The van der Waals surface area contributed by atoms with Gasteiger partial charge in [0.1, 0.15) is 0 Å². The van der Waals surface area contributed by atoms with Crippen LogP contribution in [0.5, 0.6) is 0 Å². The van der Waals surface area contributed by atoms with Gasteiger partial charge in [-0.05, 0) is 118 Å². The summed E-state index contributed by atoms with van der Waals surface area (Å²) < 4.78 is 1.96. The standard InChI is InChI=1S/C37H43N5O/c1-24-19-34(39-35(20-24)42-27(4)26(3)22-38-42)33-9-5-7-29-8-6-16-41(36(29)33)23-32-13-12-31(21-25(32)2)28-14-17-40(18-15-28)37(43)30-10-11-30/h5,7,9,12-13,19-22,28,30H,6,8,10-11,14-18,23H2,1-4H3. The molecule has 0 atom stereocenters. The van der Waals surface area contributed by atoms with Crippen molar-refractivity contribution >= 4 is 11.6 Å². The minimum atomic E-state index is 0.326. The Bertz CT molecular complexity index is 1670. The lowest BCUT2D eigenvalue weighted by molar-refractivity contribution is -0.133. The van der Waals surface area contributed by atoms with Gasteiger partial charge >= 0.3 is 0 Å². The molecule has 2 aromatic heterocycles. The van der Waals surface area contributed by atoms with Crippen molar-refractivity contribution in [1.82, 2.24) is 19.7 Å². The van der Waals surface area contributed by atoms with Crippen molar-refractivity contribution in [2.75, 3.05) is 24.5 Å². The third kappa shape index (κ3) is 5.48. The van der Waals surface area contributed by atoms with Gasteiger partial charge in [-0.15, -0.1) is 0 Å². The molecule has 2 aromatic carbocycles. The van der Waals surface area contributed by atoms with Crippen LogP contribution in [0.4, 0.5) is 5.69 Å². The minimum Gasteiger partial charge on any atom is -0.366 e. The molecule has 6 heteroatoms. The smallest absolute Gasteiger partial charge is 0.225 e. The number of hydrogen-bond acceptors (Lipinski definition) is 4. The van der Waals surface area contributed by atoms with Crippen LogP contribution in [-0.4, -0.2) is 45.2 Å². The molecule has 2 aliphatic heterocycles. The van der Waals surface area contributed by atoms with Crippen LogP contribution in [-0.2, 0) is 17.8 Å². The van der Waals surface area contributed by atoms with Crippen molar-refractivity contribution in [3.05, 3.63) is 93.8 Å². The Kier molecular flexibility index (Phi) is 7.32. The van der Waals surface area contributed by atoms with Crippen molar-refractivity contribution in [3.8, 4) is 17.1 Å². The highest BCUT2D eigenvalue weighted by Crippen LogP contribution is 2.39. The Labute approximate surface area is 255 Å². The molecule has 1 aliphatic carbocycles. The second-order valence-electron chi connectivity index (χ2n) is 13.1. The predicted octanol–water partition coefficient (Wildman–Crippen LogP) is 7.24. The maximum Gasteiger partial charge on any atom is 0.225 e. The molecule has 3 aliphatic rings. The van der Waals surface area contributed by atoms with Crippen LogP contribution in [0.1, 0.15) is 77.1 Å². The van der Waals surface area contributed by atoms with E-state index in [2.05, 4.69) is 91.1 Å². The third-order valence-corrected chi connectivity index (χ3v) is 9.95. The number of anilines is 1. The lowest BCUT2D eigenvalue weighted by Gasteiger charge is -2.34. The van der Waals surface area contributed by atoms with Crippen LogP contribution < -0.4 is 4.90 Å². The van der Waals surface area contributed by atoms with Crippen LogP contribution >= 0.6 is 0 Å². The first-order valence-corrected chi connectivity index (χ1v) is 16.1. The molecule has 0 N–H and O–H groups in total. The highest BCUT2D eigenvalue weighted by Gasteiger charge is 2.35. The molecule has 43 heavy (non-hydrogen) atoms. The first-order chi connectivity index (χ1) is 20.9. The van der Waals surface area contributed by atoms with Gasteiger partial charge < -0.3 is 9.80 Å². The number of benzene rings is 2. The van der Waals surface area contributed by atoms with Gasteiger partial charge in [-0.2, -0.15) is 5.10 Å². The molecule has 0 spiro atoms. The van der Waals surface area contributed by atoms with Crippen LogP contribution in [0.3, 0.4) is 0 Å². The summed E-state index contributed by atoms with van der Waals surface area (Å²) in [7, 11) is 0. The molecule has 222 valence electrons. The Hall–Kier alpha value is -3.93.